The van der Waals surface area contributed by atoms with Gasteiger partial charge in [0.15, 0.2) is 0 Å². The topological polar surface area (TPSA) is 220 Å². The molecule has 2 amide bonds. The van der Waals surface area contributed by atoms with Crippen LogP contribution < -0.4 is 25.4 Å². The Morgan fingerprint density at radius 3 is 1.54 bits per heavy atom. The van der Waals surface area contributed by atoms with Crippen LogP contribution in [0.4, 0.5) is 8.78 Å². The number of halogens is 2. The van der Waals surface area contributed by atoms with Crippen molar-refractivity contribution in [2.45, 2.75) is 99.9 Å². The highest BCUT2D eigenvalue weighted by atomic mass is 32.2. The Balaban J connectivity index is 0.000000244. The Morgan fingerprint density at radius 2 is 1.09 bits per heavy atom. The second kappa shape index (κ2) is 31.7. The highest BCUT2D eigenvalue weighted by Crippen LogP contribution is 2.31. The molecule has 4 aromatic carbocycles. The summed E-state index contributed by atoms with van der Waals surface area (Å²) in [6.07, 6.45) is 13.3. The van der Waals surface area contributed by atoms with Gasteiger partial charge in [0.2, 0.25) is 10.2 Å². The number of pyridine rings is 2. The molecule has 0 aliphatic carbocycles. The van der Waals surface area contributed by atoms with Crippen molar-refractivity contribution in [1.29, 1.82) is 0 Å². The zero-order chi connectivity index (χ0) is 61.1. The summed E-state index contributed by atoms with van der Waals surface area (Å²) in [5.74, 6) is -0.150. The van der Waals surface area contributed by atoms with Crippen molar-refractivity contribution in [2.24, 2.45) is 0 Å². The second-order valence-corrected chi connectivity index (χ2v) is 28.9. The van der Waals surface area contributed by atoms with Gasteiger partial charge in [0.25, 0.3) is 11.8 Å². The SMILES string of the molecule is C[C@H](CCS(C)(=O)=O)NC(=O)c1cc(OC[C@@H]2C[C@H](SC(=O)c3cccnc3)CN2)ccc1CCc1ccc(F)cc1.C[C@H](CCS(C)(=O)=O)NC(=O)c1cc(OC[C@@H]2C[C@H](SC(=O)c3cccnc3)CN2C)ccc1CCc1ccc(F)cc1. The molecule has 2 aromatic heterocycles. The third kappa shape index (κ3) is 22.3. The first-order valence-corrected chi connectivity index (χ1v) is 34.0. The number of nitrogens with zero attached hydrogens (tertiary/aromatic N) is 3. The zero-order valence-corrected chi connectivity index (χ0v) is 51.6. The molecule has 2 saturated heterocycles. The first kappa shape index (κ1) is 66.0. The number of likely N-dealkylation sites (tertiary alicyclic amines) is 1. The number of likely N-dealkylation sites (N-methyl/N-ethyl adjacent to an activating group) is 1. The first-order chi connectivity index (χ1) is 40.5. The number of carbonyl (C=O) groups is 4. The maximum absolute atomic E-state index is 13.4. The smallest absolute Gasteiger partial charge is 0.251 e. The number of aryl methyl sites for hydroxylation is 4. The molecule has 0 unspecified atom stereocenters. The number of rotatable bonds is 26. The van der Waals surface area contributed by atoms with Crippen molar-refractivity contribution in [3.05, 3.63) is 190 Å². The van der Waals surface area contributed by atoms with Gasteiger partial charge >= 0.3 is 0 Å². The van der Waals surface area contributed by atoms with Gasteiger partial charge in [0, 0.05) is 107 Å². The molecule has 2 aliphatic rings. The monoisotopic (exact) mass is 1240 g/mol. The van der Waals surface area contributed by atoms with Crippen LogP contribution in [0.15, 0.2) is 134 Å². The van der Waals surface area contributed by atoms with Gasteiger partial charge in [-0.2, -0.15) is 0 Å². The summed E-state index contributed by atoms with van der Waals surface area (Å²) in [4.78, 5) is 62.1. The molecule has 0 bridgehead atoms. The van der Waals surface area contributed by atoms with Crippen molar-refractivity contribution in [3.63, 3.8) is 0 Å². The Hall–Kier alpha value is -6.56. The maximum atomic E-state index is 13.4. The van der Waals surface area contributed by atoms with Crippen LogP contribution in [0.3, 0.4) is 0 Å². The lowest BCUT2D eigenvalue weighted by molar-refractivity contribution is 0.0929. The molecule has 16 nitrogen and oxygen atoms in total. The van der Waals surface area contributed by atoms with E-state index in [-0.39, 0.29) is 79.9 Å². The van der Waals surface area contributed by atoms with Crippen LogP contribution in [-0.4, -0.2) is 146 Å². The van der Waals surface area contributed by atoms with E-state index in [0.29, 0.717) is 92.0 Å². The molecule has 0 radical (unpaired) electrons. The van der Waals surface area contributed by atoms with Crippen LogP contribution in [0.2, 0.25) is 0 Å². The van der Waals surface area contributed by atoms with Gasteiger partial charge in [0.05, 0.1) is 11.5 Å². The average Bonchev–Trinajstić information content (AvgIpc) is 4.24. The standard InChI is InChI=1S/C32H38FN3O5S2.C31H36FN3O5S2/c1-22(14-16-43(3,39)40)35-31(37)30-18-28(13-10-24(30)9-6-23-7-11-26(33)12-8-23)41-21-27-17-29(20-36(27)2)42-32(38)25-5-4-15-34-19-25;1-21(13-15-42(2,38)39)35-30(36)29-17-27(12-9-23(29)8-5-22-6-10-25(32)11-7-22)40-20-26-16-28(19-34-26)41-31(37)24-4-3-14-33-18-24/h4-5,7-8,10-13,15,18-19,22,27,29H,6,9,14,16-17,20-21H2,1-3H3,(H,35,37);3-4,6-7,9-12,14,17-18,21,26,28,34H,5,8,13,15-16,19-20H2,1-2H3,(H,35,36)/t22-,27+,29+;21-,26+,28+/m11/s1. The van der Waals surface area contributed by atoms with Crippen molar-refractivity contribution in [3.8, 4) is 11.5 Å². The molecule has 8 rings (SSSR count). The fourth-order valence-corrected chi connectivity index (χ4v) is 13.5. The van der Waals surface area contributed by atoms with E-state index in [1.54, 1.807) is 99.3 Å². The molecule has 0 saturated carbocycles. The third-order valence-electron chi connectivity index (χ3n) is 14.5. The minimum Gasteiger partial charge on any atom is -0.492 e. The minimum atomic E-state index is -3.15. The lowest BCUT2D eigenvalue weighted by Crippen LogP contribution is -2.34. The fraction of sp³-hybridized carbons (Fsp3) is 0.397. The van der Waals surface area contributed by atoms with E-state index >= 15 is 0 Å². The summed E-state index contributed by atoms with van der Waals surface area (Å²) in [6, 6.07) is 29.9. The molecular weight excluding hydrogens is 1170 g/mol. The lowest BCUT2D eigenvalue weighted by Gasteiger charge is -2.20. The Morgan fingerprint density at radius 1 is 0.635 bits per heavy atom. The molecule has 2 fully saturated rings. The van der Waals surface area contributed by atoms with E-state index in [9.17, 15) is 44.8 Å². The predicted octanol–water partition coefficient (Wildman–Crippen LogP) is 8.83. The molecule has 0 spiro atoms. The third-order valence-corrected chi connectivity index (χ3v) is 18.7. The summed E-state index contributed by atoms with van der Waals surface area (Å²) in [6.45, 7) is 5.78. The Kier molecular flexibility index (Phi) is 24.6. The fourth-order valence-electron chi connectivity index (χ4n) is 9.64. The summed E-state index contributed by atoms with van der Waals surface area (Å²) in [5, 5.41) is 9.51. The van der Waals surface area contributed by atoms with E-state index in [2.05, 4.69) is 30.8 Å². The van der Waals surface area contributed by atoms with Crippen molar-refractivity contribution in [1.82, 2.24) is 30.8 Å². The maximum Gasteiger partial charge on any atom is 0.251 e. The Labute approximate surface area is 506 Å². The number of amides is 2. The van der Waals surface area contributed by atoms with Crippen LogP contribution in [0.1, 0.15) is 103 Å². The van der Waals surface area contributed by atoms with E-state index in [1.807, 2.05) is 31.3 Å². The van der Waals surface area contributed by atoms with E-state index in [0.717, 1.165) is 41.6 Å². The highest BCUT2D eigenvalue weighted by molar-refractivity contribution is 8.15. The summed E-state index contributed by atoms with van der Waals surface area (Å²) < 4.78 is 85.3. The number of nitrogens with one attached hydrogen (secondary N) is 3. The van der Waals surface area contributed by atoms with Gasteiger partial charge in [-0.1, -0.05) is 59.9 Å². The molecule has 6 aromatic rings. The molecule has 85 heavy (non-hydrogen) atoms. The number of carbonyl (C=O) groups excluding carboxylic acids is 4. The van der Waals surface area contributed by atoms with Crippen LogP contribution in [0.5, 0.6) is 11.5 Å². The zero-order valence-electron chi connectivity index (χ0n) is 48.4. The summed E-state index contributed by atoms with van der Waals surface area (Å²) in [5.41, 5.74) is 5.61. The number of sulfone groups is 2. The molecule has 22 heteroatoms. The predicted molar refractivity (Wildman–Crippen MR) is 331 cm³/mol. The van der Waals surface area contributed by atoms with Gasteiger partial charge < -0.3 is 25.4 Å². The number of aromatic nitrogens is 2. The second-order valence-electron chi connectivity index (χ2n) is 21.8. The van der Waals surface area contributed by atoms with Gasteiger partial charge in [-0.25, -0.2) is 25.6 Å². The van der Waals surface area contributed by atoms with Crippen LogP contribution >= 0.6 is 23.5 Å². The molecule has 6 atom stereocenters. The number of benzene rings is 4. The van der Waals surface area contributed by atoms with Crippen LogP contribution in [0, 0.1) is 11.6 Å². The first-order valence-electron chi connectivity index (χ1n) is 28.2. The van der Waals surface area contributed by atoms with Gasteiger partial charge in [-0.3, -0.25) is 34.0 Å². The van der Waals surface area contributed by atoms with Crippen molar-refractivity contribution in [2.75, 3.05) is 57.4 Å². The Bertz CT molecular complexity index is 3430. The van der Waals surface area contributed by atoms with Crippen molar-refractivity contribution >= 4 is 65.2 Å². The number of hydrogen-bond acceptors (Lipinski definition) is 16. The quantitative estimate of drug-likeness (QED) is 0.0462. The van der Waals surface area contributed by atoms with Crippen molar-refractivity contribution < 1.29 is 54.3 Å². The number of thioether (sulfide) groups is 2. The lowest BCUT2D eigenvalue weighted by atomic mass is 9.98. The molecule has 3 N–H and O–H groups in total. The summed E-state index contributed by atoms with van der Waals surface area (Å²) in [7, 11) is -4.28. The normalized spacial score (nSPS) is 17.7. The summed E-state index contributed by atoms with van der Waals surface area (Å²) >= 11 is 2.63. The van der Waals surface area contributed by atoms with E-state index < -0.39 is 19.7 Å². The number of hydrogen-bond donors (Lipinski definition) is 3. The number of ether oxygens (including phenoxy) is 2. The van der Waals surface area contributed by atoms with E-state index in [4.69, 9.17) is 9.47 Å². The van der Waals surface area contributed by atoms with Gasteiger partial charge in [-0.05, 0) is 167 Å². The largest absolute Gasteiger partial charge is 0.492 e. The van der Waals surface area contributed by atoms with Crippen LogP contribution in [-0.2, 0) is 45.4 Å². The average molecular weight is 1240 g/mol. The highest BCUT2D eigenvalue weighted by Gasteiger charge is 2.33. The van der Waals surface area contributed by atoms with Gasteiger partial charge in [-0.15, -0.1) is 0 Å². The van der Waals surface area contributed by atoms with Gasteiger partial charge in [0.1, 0.15) is 56.0 Å². The molecule has 454 valence electrons. The van der Waals surface area contributed by atoms with E-state index in [1.165, 1.54) is 60.3 Å². The molecular formula is C63H74F2N6O10S4. The van der Waals surface area contributed by atoms with Crippen LogP contribution in [0.25, 0.3) is 0 Å². The minimum absolute atomic E-state index is 0.00529. The molecule has 2 aliphatic heterocycles. The molecule has 4 heterocycles.